The Hall–Kier alpha value is -3.25. The number of rotatable bonds is 5. The van der Waals surface area contributed by atoms with Gasteiger partial charge in [0.1, 0.15) is 11.4 Å². The van der Waals surface area contributed by atoms with Crippen LogP contribution in [0.5, 0.6) is 0 Å². The van der Waals surface area contributed by atoms with Gasteiger partial charge >= 0.3 is 0 Å². The van der Waals surface area contributed by atoms with E-state index in [0.717, 1.165) is 22.3 Å². The van der Waals surface area contributed by atoms with Gasteiger partial charge in [-0.1, -0.05) is 54.1 Å². The van der Waals surface area contributed by atoms with Crippen molar-refractivity contribution in [2.75, 3.05) is 7.05 Å². The van der Waals surface area contributed by atoms with Gasteiger partial charge in [-0.15, -0.1) is 11.3 Å². The van der Waals surface area contributed by atoms with Crippen molar-refractivity contribution in [2.24, 2.45) is 0 Å². The Morgan fingerprint density at radius 2 is 1.87 bits per heavy atom. The van der Waals surface area contributed by atoms with Gasteiger partial charge in [-0.3, -0.25) is 14.2 Å². The second-order valence-electron chi connectivity index (χ2n) is 7.56. The average Bonchev–Trinajstić information content (AvgIpc) is 3.15. The number of carbonyl (C=O) groups is 1. The van der Waals surface area contributed by atoms with E-state index >= 15 is 0 Å². The largest absolute Gasteiger partial charge is 0.340 e. The molecule has 0 spiro atoms. The minimum atomic E-state index is -0.183. The summed E-state index contributed by atoms with van der Waals surface area (Å²) in [5.41, 5.74) is 5.06. The first-order valence-corrected chi connectivity index (χ1v) is 10.6. The number of hydrogen-bond acceptors (Lipinski definition) is 4. The van der Waals surface area contributed by atoms with Crippen LogP contribution in [0.25, 0.3) is 21.3 Å². The van der Waals surface area contributed by atoms with Crippen molar-refractivity contribution in [1.29, 1.82) is 0 Å². The fourth-order valence-corrected chi connectivity index (χ4v) is 4.50. The van der Waals surface area contributed by atoms with Crippen LogP contribution in [0.15, 0.2) is 65.0 Å². The van der Waals surface area contributed by atoms with Gasteiger partial charge < -0.3 is 4.90 Å². The van der Waals surface area contributed by atoms with Gasteiger partial charge in [0.2, 0.25) is 5.91 Å². The summed E-state index contributed by atoms with van der Waals surface area (Å²) in [6.07, 6.45) is 1.47. The number of likely N-dealkylation sites (N-methyl/N-ethyl adjacent to an activating group) is 1. The Labute approximate surface area is 179 Å². The third kappa shape index (κ3) is 3.91. The monoisotopic (exact) mass is 417 g/mol. The average molecular weight is 418 g/mol. The molecule has 1 amide bonds. The van der Waals surface area contributed by atoms with Gasteiger partial charge in [-0.2, -0.15) is 0 Å². The summed E-state index contributed by atoms with van der Waals surface area (Å²) in [5.74, 6) is -0.134. The summed E-state index contributed by atoms with van der Waals surface area (Å²) in [7, 11) is 1.75. The Balaban J connectivity index is 1.65. The minimum absolute atomic E-state index is 0.0345. The van der Waals surface area contributed by atoms with Crippen molar-refractivity contribution in [3.05, 3.63) is 87.3 Å². The first-order valence-electron chi connectivity index (χ1n) is 9.76. The molecule has 0 aliphatic heterocycles. The van der Waals surface area contributed by atoms with Crippen molar-refractivity contribution in [1.82, 2.24) is 14.5 Å². The first kappa shape index (κ1) is 20.0. The third-order valence-electron chi connectivity index (χ3n) is 5.23. The highest BCUT2D eigenvalue weighted by molar-refractivity contribution is 7.17. The molecule has 0 radical (unpaired) electrons. The Morgan fingerprint density at radius 3 is 2.60 bits per heavy atom. The zero-order valence-corrected chi connectivity index (χ0v) is 18.1. The van der Waals surface area contributed by atoms with Crippen LogP contribution < -0.4 is 5.56 Å². The number of benzene rings is 2. The van der Waals surface area contributed by atoms with E-state index in [1.165, 1.54) is 27.8 Å². The number of aromatic nitrogens is 2. The van der Waals surface area contributed by atoms with Crippen LogP contribution in [-0.4, -0.2) is 27.4 Å². The van der Waals surface area contributed by atoms with Crippen molar-refractivity contribution >= 4 is 27.5 Å². The molecule has 152 valence electrons. The normalized spacial score (nSPS) is 11.0. The van der Waals surface area contributed by atoms with Crippen LogP contribution in [0.3, 0.4) is 0 Å². The van der Waals surface area contributed by atoms with E-state index in [2.05, 4.69) is 18.0 Å². The van der Waals surface area contributed by atoms with Crippen molar-refractivity contribution in [2.45, 2.75) is 26.9 Å². The lowest BCUT2D eigenvalue weighted by Crippen LogP contribution is -2.33. The molecule has 0 unspecified atom stereocenters. The summed E-state index contributed by atoms with van der Waals surface area (Å²) >= 11 is 1.45. The molecule has 0 saturated heterocycles. The van der Waals surface area contributed by atoms with E-state index in [9.17, 15) is 9.59 Å². The van der Waals surface area contributed by atoms with Crippen LogP contribution in [0.1, 0.15) is 16.7 Å². The molecule has 0 aliphatic rings. The molecule has 30 heavy (non-hydrogen) atoms. The third-order valence-corrected chi connectivity index (χ3v) is 6.11. The second-order valence-corrected chi connectivity index (χ2v) is 8.42. The molecule has 0 saturated carbocycles. The number of nitrogens with zero attached hydrogens (tertiary/aromatic N) is 3. The zero-order chi connectivity index (χ0) is 21.3. The summed E-state index contributed by atoms with van der Waals surface area (Å²) in [5, 5.41) is 2.55. The SMILES string of the molecule is Cc1ccc(-c2csc3ncn(CC(=O)N(C)Cc4ccccc4)c(=O)c23)c(C)c1. The van der Waals surface area contributed by atoms with E-state index in [0.29, 0.717) is 16.8 Å². The van der Waals surface area contributed by atoms with Crippen LogP contribution in [0.2, 0.25) is 0 Å². The molecule has 4 aromatic rings. The molecule has 0 fully saturated rings. The molecule has 2 aromatic heterocycles. The summed E-state index contributed by atoms with van der Waals surface area (Å²) in [4.78, 5) is 32.7. The summed E-state index contributed by atoms with van der Waals surface area (Å²) < 4.78 is 1.41. The molecular formula is C24H23N3O2S. The van der Waals surface area contributed by atoms with Gasteiger partial charge in [0.15, 0.2) is 0 Å². The van der Waals surface area contributed by atoms with Crippen LogP contribution in [0.4, 0.5) is 0 Å². The molecule has 6 heteroatoms. The van der Waals surface area contributed by atoms with Gasteiger partial charge in [-0.05, 0) is 30.5 Å². The molecule has 0 aliphatic carbocycles. The van der Waals surface area contributed by atoms with E-state index in [4.69, 9.17) is 0 Å². The highest BCUT2D eigenvalue weighted by Gasteiger charge is 2.17. The zero-order valence-electron chi connectivity index (χ0n) is 17.3. The fourth-order valence-electron chi connectivity index (χ4n) is 3.61. The number of amides is 1. The van der Waals surface area contributed by atoms with Crippen molar-refractivity contribution in [3.63, 3.8) is 0 Å². The Kier molecular flexibility index (Phi) is 5.50. The number of thiophene rings is 1. The number of hydrogen-bond donors (Lipinski definition) is 0. The van der Waals surface area contributed by atoms with E-state index < -0.39 is 0 Å². The Bertz CT molecular complexity index is 1270. The standard InChI is InChI=1S/C24H23N3O2S/c1-16-9-10-19(17(2)11-16)20-14-30-23-22(20)24(29)27(15-25-23)13-21(28)26(3)12-18-7-5-4-6-8-18/h4-11,14-15H,12-13H2,1-3H3. The van der Waals surface area contributed by atoms with Gasteiger partial charge in [0, 0.05) is 24.5 Å². The lowest BCUT2D eigenvalue weighted by Gasteiger charge is -2.18. The fraction of sp³-hybridized carbons (Fsp3) is 0.208. The minimum Gasteiger partial charge on any atom is -0.340 e. The molecule has 4 rings (SSSR count). The maximum absolute atomic E-state index is 13.2. The molecule has 0 atom stereocenters. The van der Waals surface area contributed by atoms with Crippen molar-refractivity contribution in [3.8, 4) is 11.1 Å². The van der Waals surface area contributed by atoms with Crippen molar-refractivity contribution < 1.29 is 4.79 Å². The topological polar surface area (TPSA) is 55.2 Å². The summed E-state index contributed by atoms with van der Waals surface area (Å²) in [6, 6.07) is 16.0. The maximum Gasteiger partial charge on any atom is 0.263 e. The van der Waals surface area contributed by atoms with E-state index in [-0.39, 0.29) is 18.0 Å². The molecule has 0 N–H and O–H groups in total. The van der Waals surface area contributed by atoms with Gasteiger partial charge in [0.25, 0.3) is 5.56 Å². The second kappa shape index (κ2) is 8.24. The van der Waals surface area contributed by atoms with Crippen LogP contribution in [0, 0.1) is 13.8 Å². The van der Waals surface area contributed by atoms with Gasteiger partial charge in [0.05, 0.1) is 11.7 Å². The highest BCUT2D eigenvalue weighted by atomic mass is 32.1. The number of aryl methyl sites for hydroxylation is 2. The first-order chi connectivity index (χ1) is 14.4. The molecule has 5 nitrogen and oxygen atoms in total. The lowest BCUT2D eigenvalue weighted by molar-refractivity contribution is -0.131. The van der Waals surface area contributed by atoms with E-state index in [1.54, 1.807) is 11.9 Å². The predicted molar refractivity (Wildman–Crippen MR) is 122 cm³/mol. The molecule has 2 aromatic carbocycles. The predicted octanol–water partition coefficient (Wildman–Crippen LogP) is 4.40. The number of carbonyl (C=O) groups excluding carboxylic acids is 1. The quantitative estimate of drug-likeness (QED) is 0.484. The smallest absolute Gasteiger partial charge is 0.263 e. The Morgan fingerprint density at radius 1 is 1.10 bits per heavy atom. The molecule has 0 bridgehead atoms. The number of fused-ring (bicyclic) bond motifs is 1. The summed E-state index contributed by atoms with van der Waals surface area (Å²) in [6.45, 7) is 4.56. The molecule has 2 heterocycles. The highest BCUT2D eigenvalue weighted by Crippen LogP contribution is 2.32. The lowest BCUT2D eigenvalue weighted by atomic mass is 9.99. The van der Waals surface area contributed by atoms with Gasteiger partial charge in [-0.25, -0.2) is 4.98 Å². The van der Waals surface area contributed by atoms with Crippen LogP contribution >= 0.6 is 11.3 Å². The van der Waals surface area contributed by atoms with E-state index in [1.807, 2.05) is 54.8 Å². The van der Waals surface area contributed by atoms with Crippen LogP contribution in [-0.2, 0) is 17.9 Å². The molecular weight excluding hydrogens is 394 g/mol. The maximum atomic E-state index is 13.2.